The van der Waals surface area contributed by atoms with Gasteiger partial charge in [0.2, 0.25) is 5.91 Å². The number of carboxylic acids is 1. The van der Waals surface area contributed by atoms with Gasteiger partial charge in [-0.3, -0.25) is 9.59 Å². The zero-order valence-electron chi connectivity index (χ0n) is 12.2. The highest BCUT2D eigenvalue weighted by atomic mass is 16.5. The van der Waals surface area contributed by atoms with E-state index in [4.69, 9.17) is 4.74 Å². The fourth-order valence-electron chi connectivity index (χ4n) is 2.33. The van der Waals surface area contributed by atoms with Crippen LogP contribution >= 0.6 is 0 Å². The van der Waals surface area contributed by atoms with Gasteiger partial charge in [0, 0.05) is 25.3 Å². The SMILES string of the molecule is CCOCCCC(=O)Nc1ccc(C2(C(=O)O)CC2)cc1. The van der Waals surface area contributed by atoms with Gasteiger partial charge in [0.05, 0.1) is 5.41 Å². The Balaban J connectivity index is 1.85. The highest BCUT2D eigenvalue weighted by Gasteiger charge is 2.51. The molecular weight excluding hydrogens is 270 g/mol. The molecule has 0 bridgehead atoms. The number of rotatable bonds is 8. The second-order valence-electron chi connectivity index (χ2n) is 5.31. The maximum absolute atomic E-state index is 11.7. The first-order valence-corrected chi connectivity index (χ1v) is 7.30. The molecule has 0 radical (unpaired) electrons. The largest absolute Gasteiger partial charge is 0.481 e. The Labute approximate surface area is 124 Å². The smallest absolute Gasteiger partial charge is 0.314 e. The Morgan fingerprint density at radius 2 is 1.95 bits per heavy atom. The first-order chi connectivity index (χ1) is 10.1. The predicted molar refractivity (Wildman–Crippen MR) is 79.3 cm³/mol. The van der Waals surface area contributed by atoms with Crippen LogP contribution in [0.4, 0.5) is 5.69 Å². The Kier molecular flexibility index (Phi) is 4.96. The average molecular weight is 291 g/mol. The molecule has 114 valence electrons. The molecule has 1 fully saturated rings. The fourth-order valence-corrected chi connectivity index (χ4v) is 2.33. The Hall–Kier alpha value is -1.88. The van der Waals surface area contributed by atoms with Gasteiger partial charge < -0.3 is 15.2 Å². The number of amides is 1. The molecule has 1 aromatic carbocycles. The van der Waals surface area contributed by atoms with Crippen LogP contribution in [0.3, 0.4) is 0 Å². The van der Waals surface area contributed by atoms with Crippen molar-refractivity contribution in [1.29, 1.82) is 0 Å². The van der Waals surface area contributed by atoms with E-state index in [2.05, 4.69) is 5.32 Å². The van der Waals surface area contributed by atoms with Crippen LogP contribution < -0.4 is 5.32 Å². The first-order valence-electron chi connectivity index (χ1n) is 7.30. The standard InChI is InChI=1S/C16H21NO4/c1-2-21-11-3-4-14(18)17-13-7-5-12(6-8-13)16(9-10-16)15(19)20/h5-8H,2-4,9-11H2,1H3,(H,17,18)(H,19,20). The lowest BCUT2D eigenvalue weighted by Crippen LogP contribution is -2.19. The Bertz CT molecular complexity index is 506. The van der Waals surface area contributed by atoms with E-state index in [1.165, 1.54) is 0 Å². The van der Waals surface area contributed by atoms with Crippen LogP contribution in [0.15, 0.2) is 24.3 Å². The number of carbonyl (C=O) groups excluding carboxylic acids is 1. The molecule has 2 rings (SSSR count). The summed E-state index contributed by atoms with van der Waals surface area (Å²) in [7, 11) is 0. The van der Waals surface area contributed by atoms with Gasteiger partial charge in [-0.1, -0.05) is 12.1 Å². The van der Waals surface area contributed by atoms with Crippen molar-refractivity contribution in [2.45, 2.75) is 38.0 Å². The van der Waals surface area contributed by atoms with Crippen molar-refractivity contribution in [2.24, 2.45) is 0 Å². The third kappa shape index (κ3) is 3.82. The predicted octanol–water partition coefficient (Wildman–Crippen LogP) is 2.56. The molecule has 5 heteroatoms. The van der Waals surface area contributed by atoms with Crippen molar-refractivity contribution in [2.75, 3.05) is 18.5 Å². The molecule has 0 aliphatic heterocycles. The van der Waals surface area contributed by atoms with E-state index in [-0.39, 0.29) is 5.91 Å². The number of aliphatic carboxylic acids is 1. The van der Waals surface area contributed by atoms with Crippen molar-refractivity contribution in [3.05, 3.63) is 29.8 Å². The van der Waals surface area contributed by atoms with Gasteiger partial charge in [-0.25, -0.2) is 0 Å². The normalized spacial score (nSPS) is 15.5. The van der Waals surface area contributed by atoms with Gasteiger partial charge in [-0.05, 0) is 43.9 Å². The summed E-state index contributed by atoms with van der Waals surface area (Å²) in [6, 6.07) is 7.10. The minimum absolute atomic E-state index is 0.0539. The number of anilines is 1. The summed E-state index contributed by atoms with van der Waals surface area (Å²) in [5.74, 6) is -0.822. The molecular formula is C16H21NO4. The number of benzene rings is 1. The van der Waals surface area contributed by atoms with E-state index in [9.17, 15) is 14.7 Å². The lowest BCUT2D eigenvalue weighted by molar-refractivity contribution is -0.140. The highest BCUT2D eigenvalue weighted by molar-refractivity contribution is 5.91. The van der Waals surface area contributed by atoms with E-state index < -0.39 is 11.4 Å². The van der Waals surface area contributed by atoms with Crippen molar-refractivity contribution in [3.63, 3.8) is 0 Å². The van der Waals surface area contributed by atoms with E-state index in [0.29, 0.717) is 44.6 Å². The maximum atomic E-state index is 11.7. The molecule has 0 heterocycles. The topological polar surface area (TPSA) is 75.6 Å². The van der Waals surface area contributed by atoms with Crippen molar-refractivity contribution >= 4 is 17.6 Å². The molecule has 1 amide bonds. The third-order valence-electron chi connectivity index (χ3n) is 3.78. The molecule has 5 nitrogen and oxygen atoms in total. The summed E-state index contributed by atoms with van der Waals surface area (Å²) in [6.45, 7) is 3.17. The van der Waals surface area contributed by atoms with E-state index in [1.54, 1.807) is 24.3 Å². The minimum Gasteiger partial charge on any atom is -0.481 e. The fraction of sp³-hybridized carbons (Fsp3) is 0.500. The third-order valence-corrected chi connectivity index (χ3v) is 3.78. The van der Waals surface area contributed by atoms with Crippen LogP contribution in [0.25, 0.3) is 0 Å². The monoisotopic (exact) mass is 291 g/mol. The van der Waals surface area contributed by atoms with Crippen LogP contribution in [0, 0.1) is 0 Å². The number of carboxylic acid groups (broad SMARTS) is 1. The van der Waals surface area contributed by atoms with Crippen molar-refractivity contribution in [1.82, 2.24) is 0 Å². The lowest BCUT2D eigenvalue weighted by Gasteiger charge is -2.11. The van der Waals surface area contributed by atoms with Crippen LogP contribution in [0.2, 0.25) is 0 Å². The van der Waals surface area contributed by atoms with Crippen LogP contribution in [0.5, 0.6) is 0 Å². The van der Waals surface area contributed by atoms with Crippen molar-refractivity contribution in [3.8, 4) is 0 Å². The summed E-state index contributed by atoms with van der Waals surface area (Å²) >= 11 is 0. The van der Waals surface area contributed by atoms with Crippen LogP contribution in [0.1, 0.15) is 38.2 Å². The van der Waals surface area contributed by atoms with Gasteiger partial charge in [0.1, 0.15) is 0 Å². The maximum Gasteiger partial charge on any atom is 0.314 e. The van der Waals surface area contributed by atoms with Gasteiger partial charge in [-0.2, -0.15) is 0 Å². The summed E-state index contributed by atoms with van der Waals surface area (Å²) in [5, 5.41) is 12.0. The molecule has 0 spiro atoms. The highest BCUT2D eigenvalue weighted by Crippen LogP contribution is 2.48. The number of ether oxygens (including phenoxy) is 1. The minimum atomic E-state index is -0.768. The molecule has 0 saturated heterocycles. The van der Waals surface area contributed by atoms with Gasteiger partial charge >= 0.3 is 5.97 Å². The molecule has 1 aliphatic rings. The van der Waals surface area contributed by atoms with Crippen LogP contribution in [-0.2, 0) is 19.7 Å². The zero-order chi connectivity index (χ0) is 15.3. The molecule has 0 atom stereocenters. The van der Waals surface area contributed by atoms with E-state index >= 15 is 0 Å². The molecule has 1 aliphatic carbocycles. The first kappa shape index (κ1) is 15.5. The van der Waals surface area contributed by atoms with Gasteiger partial charge in [-0.15, -0.1) is 0 Å². The Morgan fingerprint density at radius 3 is 2.48 bits per heavy atom. The van der Waals surface area contributed by atoms with Gasteiger partial charge in [0.25, 0.3) is 0 Å². The van der Waals surface area contributed by atoms with Crippen molar-refractivity contribution < 1.29 is 19.4 Å². The molecule has 0 unspecified atom stereocenters. The number of nitrogens with one attached hydrogen (secondary N) is 1. The summed E-state index contributed by atoms with van der Waals surface area (Å²) in [6.07, 6.45) is 2.48. The number of carbonyl (C=O) groups is 2. The molecule has 0 aromatic heterocycles. The molecule has 1 aromatic rings. The molecule has 1 saturated carbocycles. The summed E-state index contributed by atoms with van der Waals surface area (Å²) < 4.78 is 5.18. The summed E-state index contributed by atoms with van der Waals surface area (Å²) in [4.78, 5) is 23.0. The van der Waals surface area contributed by atoms with E-state index in [1.807, 2.05) is 6.92 Å². The van der Waals surface area contributed by atoms with E-state index in [0.717, 1.165) is 5.56 Å². The Morgan fingerprint density at radius 1 is 1.29 bits per heavy atom. The molecule has 2 N–H and O–H groups in total. The average Bonchev–Trinajstić information content (AvgIpc) is 3.26. The lowest BCUT2D eigenvalue weighted by atomic mass is 9.96. The molecule has 21 heavy (non-hydrogen) atoms. The van der Waals surface area contributed by atoms with Gasteiger partial charge in [0.15, 0.2) is 0 Å². The zero-order valence-corrected chi connectivity index (χ0v) is 12.2. The van der Waals surface area contributed by atoms with Crippen LogP contribution in [-0.4, -0.2) is 30.2 Å². The summed E-state index contributed by atoms with van der Waals surface area (Å²) in [5.41, 5.74) is 0.811. The quantitative estimate of drug-likeness (QED) is 0.722. The second kappa shape index (κ2) is 6.72. The number of hydrogen-bond donors (Lipinski definition) is 2. The second-order valence-corrected chi connectivity index (χ2v) is 5.31. The number of hydrogen-bond acceptors (Lipinski definition) is 3.